The number of hydrogen-bond acceptors (Lipinski definition) is 2. The van der Waals surface area contributed by atoms with E-state index < -0.39 is 0 Å². The van der Waals surface area contributed by atoms with Gasteiger partial charge in [-0.05, 0) is 37.8 Å². The molecule has 0 atom stereocenters. The largest absolute Gasteiger partial charge is 0.342 e. The van der Waals surface area contributed by atoms with Crippen LogP contribution in [-0.2, 0) is 4.79 Å². The molecule has 0 aromatic heterocycles. The van der Waals surface area contributed by atoms with Crippen molar-refractivity contribution in [3.05, 3.63) is 34.9 Å². The fraction of sp³-hybridized carbons (Fsp3) is 0.579. The Balaban J connectivity index is 1.56. The van der Waals surface area contributed by atoms with Gasteiger partial charge in [-0.3, -0.25) is 9.59 Å². The van der Waals surface area contributed by atoms with Gasteiger partial charge in [-0.2, -0.15) is 0 Å². The smallest absolute Gasteiger partial charge is 0.255 e. The summed E-state index contributed by atoms with van der Waals surface area (Å²) >= 11 is 6.13. The molecule has 2 saturated heterocycles. The van der Waals surface area contributed by atoms with Gasteiger partial charge in [0, 0.05) is 32.1 Å². The second-order valence-corrected chi connectivity index (χ2v) is 7.19. The summed E-state index contributed by atoms with van der Waals surface area (Å²) in [5.41, 5.74) is 0.552. The molecule has 2 aliphatic heterocycles. The van der Waals surface area contributed by atoms with Crippen LogP contribution in [0, 0.1) is 5.92 Å². The van der Waals surface area contributed by atoms with E-state index in [4.69, 9.17) is 11.6 Å². The fourth-order valence-corrected chi connectivity index (χ4v) is 3.90. The molecule has 0 radical (unpaired) electrons. The summed E-state index contributed by atoms with van der Waals surface area (Å²) in [5, 5.41) is 0.491. The van der Waals surface area contributed by atoms with Gasteiger partial charge in [0.1, 0.15) is 0 Å². The van der Waals surface area contributed by atoms with E-state index in [9.17, 15) is 9.59 Å². The highest BCUT2D eigenvalue weighted by atomic mass is 35.5. The second-order valence-electron chi connectivity index (χ2n) is 6.79. The summed E-state index contributed by atoms with van der Waals surface area (Å²) in [6.45, 7) is 3.07. The number of piperidine rings is 1. The van der Waals surface area contributed by atoms with Crippen LogP contribution in [0.1, 0.15) is 48.9 Å². The van der Waals surface area contributed by atoms with Gasteiger partial charge in [-0.1, -0.05) is 36.6 Å². The molecule has 2 fully saturated rings. The van der Waals surface area contributed by atoms with E-state index in [1.54, 1.807) is 12.1 Å². The number of halogens is 1. The van der Waals surface area contributed by atoms with Crippen LogP contribution in [0.5, 0.6) is 0 Å². The van der Waals surface area contributed by atoms with Crippen molar-refractivity contribution in [2.75, 3.05) is 26.2 Å². The lowest BCUT2D eigenvalue weighted by Crippen LogP contribution is -2.44. The van der Waals surface area contributed by atoms with Gasteiger partial charge in [0.2, 0.25) is 5.91 Å². The Morgan fingerprint density at radius 2 is 1.50 bits per heavy atom. The monoisotopic (exact) mass is 348 g/mol. The molecule has 2 heterocycles. The minimum Gasteiger partial charge on any atom is -0.342 e. The highest BCUT2D eigenvalue weighted by Gasteiger charge is 2.31. The number of amides is 2. The standard InChI is InChI=1S/C19H25ClN2O2/c20-17-8-4-3-7-16(17)19(24)22-13-9-15(10-14-22)18(23)21-11-5-1-2-6-12-21/h3-4,7-8,15H,1-2,5-6,9-14H2. The molecule has 130 valence electrons. The maximum Gasteiger partial charge on any atom is 0.255 e. The van der Waals surface area contributed by atoms with Crippen molar-refractivity contribution in [2.24, 2.45) is 5.92 Å². The zero-order chi connectivity index (χ0) is 16.9. The van der Waals surface area contributed by atoms with Crippen LogP contribution in [-0.4, -0.2) is 47.8 Å². The molecule has 1 aromatic carbocycles. The molecule has 0 aliphatic carbocycles. The first-order chi connectivity index (χ1) is 11.7. The van der Waals surface area contributed by atoms with E-state index in [0.717, 1.165) is 38.8 Å². The first-order valence-corrected chi connectivity index (χ1v) is 9.37. The zero-order valence-corrected chi connectivity index (χ0v) is 14.8. The van der Waals surface area contributed by atoms with Crippen LogP contribution in [0.15, 0.2) is 24.3 Å². The highest BCUT2D eigenvalue weighted by Crippen LogP contribution is 2.24. The summed E-state index contributed by atoms with van der Waals surface area (Å²) in [5.74, 6) is 0.335. The van der Waals surface area contributed by atoms with Gasteiger partial charge < -0.3 is 9.80 Å². The predicted molar refractivity (Wildman–Crippen MR) is 95.1 cm³/mol. The second kappa shape index (κ2) is 8.02. The number of benzene rings is 1. The lowest BCUT2D eigenvalue weighted by Gasteiger charge is -2.34. The van der Waals surface area contributed by atoms with Gasteiger partial charge in [0.15, 0.2) is 0 Å². The molecule has 1 aromatic rings. The van der Waals surface area contributed by atoms with Crippen LogP contribution in [0.25, 0.3) is 0 Å². The minimum atomic E-state index is -0.0266. The zero-order valence-electron chi connectivity index (χ0n) is 14.0. The molecular weight excluding hydrogens is 324 g/mol. The van der Waals surface area contributed by atoms with Crippen molar-refractivity contribution in [1.29, 1.82) is 0 Å². The normalized spacial score (nSPS) is 19.9. The number of rotatable bonds is 2. The molecule has 24 heavy (non-hydrogen) atoms. The first kappa shape index (κ1) is 17.3. The van der Waals surface area contributed by atoms with Crippen molar-refractivity contribution in [3.8, 4) is 0 Å². The molecule has 0 N–H and O–H groups in total. The predicted octanol–water partition coefficient (Wildman–Crippen LogP) is 3.59. The lowest BCUT2D eigenvalue weighted by atomic mass is 9.94. The number of carbonyl (C=O) groups excluding carboxylic acids is 2. The maximum absolute atomic E-state index is 12.7. The van der Waals surface area contributed by atoms with E-state index in [0.29, 0.717) is 29.6 Å². The lowest BCUT2D eigenvalue weighted by molar-refractivity contribution is -0.136. The van der Waals surface area contributed by atoms with Gasteiger partial charge in [-0.25, -0.2) is 0 Å². The molecule has 0 spiro atoms. The van der Waals surface area contributed by atoms with Crippen molar-refractivity contribution >= 4 is 23.4 Å². The molecular formula is C19H25ClN2O2. The topological polar surface area (TPSA) is 40.6 Å². The maximum atomic E-state index is 12.7. The number of nitrogens with zero attached hydrogens (tertiary/aromatic N) is 2. The number of carbonyl (C=O) groups is 2. The van der Waals surface area contributed by atoms with Crippen molar-refractivity contribution < 1.29 is 9.59 Å². The summed E-state index contributed by atoms with van der Waals surface area (Å²) in [7, 11) is 0. The molecule has 5 heteroatoms. The first-order valence-electron chi connectivity index (χ1n) is 8.99. The Labute approximate surface area is 148 Å². The molecule has 4 nitrogen and oxygen atoms in total. The molecule has 0 saturated carbocycles. The Hall–Kier alpha value is -1.55. The number of likely N-dealkylation sites (tertiary alicyclic amines) is 2. The van der Waals surface area contributed by atoms with Crippen LogP contribution in [0.2, 0.25) is 5.02 Å². The molecule has 3 rings (SSSR count). The van der Waals surface area contributed by atoms with Crippen LogP contribution >= 0.6 is 11.6 Å². The van der Waals surface area contributed by atoms with Crippen molar-refractivity contribution in [3.63, 3.8) is 0 Å². The average molecular weight is 349 g/mol. The third-order valence-corrected chi connectivity index (χ3v) is 5.48. The summed E-state index contributed by atoms with van der Waals surface area (Å²) in [4.78, 5) is 29.2. The van der Waals surface area contributed by atoms with Gasteiger partial charge in [-0.15, -0.1) is 0 Å². The van der Waals surface area contributed by atoms with Crippen LogP contribution in [0.4, 0.5) is 0 Å². The van der Waals surface area contributed by atoms with E-state index in [1.807, 2.05) is 21.9 Å². The van der Waals surface area contributed by atoms with E-state index >= 15 is 0 Å². The Morgan fingerprint density at radius 1 is 0.875 bits per heavy atom. The Kier molecular flexibility index (Phi) is 5.77. The quantitative estimate of drug-likeness (QED) is 0.819. The fourth-order valence-electron chi connectivity index (χ4n) is 3.68. The highest BCUT2D eigenvalue weighted by molar-refractivity contribution is 6.33. The van der Waals surface area contributed by atoms with Crippen molar-refractivity contribution in [1.82, 2.24) is 9.80 Å². The van der Waals surface area contributed by atoms with Gasteiger partial charge in [0.25, 0.3) is 5.91 Å². The SMILES string of the molecule is O=C(c1ccccc1Cl)N1CCC(C(=O)N2CCCCCC2)CC1. The van der Waals surface area contributed by atoms with Gasteiger partial charge in [0.05, 0.1) is 10.6 Å². The van der Waals surface area contributed by atoms with E-state index in [2.05, 4.69) is 0 Å². The summed E-state index contributed by atoms with van der Waals surface area (Å²) in [6, 6.07) is 7.16. The molecule has 2 aliphatic rings. The Morgan fingerprint density at radius 3 is 2.12 bits per heavy atom. The molecule has 0 unspecified atom stereocenters. The van der Waals surface area contributed by atoms with Crippen molar-refractivity contribution in [2.45, 2.75) is 38.5 Å². The van der Waals surface area contributed by atoms with E-state index in [1.165, 1.54) is 12.8 Å². The third kappa shape index (κ3) is 3.92. The van der Waals surface area contributed by atoms with Gasteiger partial charge >= 0.3 is 0 Å². The molecule has 0 bridgehead atoms. The summed E-state index contributed by atoms with van der Waals surface area (Å²) in [6.07, 6.45) is 6.21. The average Bonchev–Trinajstić information content (AvgIpc) is 2.90. The summed E-state index contributed by atoms with van der Waals surface area (Å²) < 4.78 is 0. The third-order valence-electron chi connectivity index (χ3n) is 5.15. The minimum absolute atomic E-state index is 0.0266. The number of hydrogen-bond donors (Lipinski definition) is 0. The molecule has 2 amide bonds. The van der Waals surface area contributed by atoms with E-state index in [-0.39, 0.29) is 11.8 Å². The Bertz CT molecular complexity index is 589. The van der Waals surface area contributed by atoms with Crippen LogP contribution in [0.3, 0.4) is 0 Å². The van der Waals surface area contributed by atoms with Crippen LogP contribution < -0.4 is 0 Å².